The highest BCUT2D eigenvalue weighted by molar-refractivity contribution is 5.84. The van der Waals surface area contributed by atoms with Crippen molar-refractivity contribution in [1.82, 2.24) is 10.3 Å². The zero-order valence-electron chi connectivity index (χ0n) is 20.8. The van der Waals surface area contributed by atoms with Crippen molar-refractivity contribution < 1.29 is 23.7 Å². The van der Waals surface area contributed by atoms with E-state index in [4.69, 9.17) is 23.9 Å². The summed E-state index contributed by atoms with van der Waals surface area (Å²) in [5, 5.41) is 7.65. The van der Waals surface area contributed by atoms with E-state index in [1.165, 1.54) is 0 Å². The maximum atomic E-state index is 13.4. The van der Waals surface area contributed by atoms with Gasteiger partial charge in [-0.25, -0.2) is 4.98 Å². The monoisotopic (exact) mass is 471 g/mol. The predicted molar refractivity (Wildman–Crippen MR) is 131 cm³/mol. The van der Waals surface area contributed by atoms with Crippen molar-refractivity contribution in [3.8, 4) is 5.75 Å². The molecule has 34 heavy (non-hydrogen) atoms. The number of anilines is 1. The molecule has 2 heterocycles. The Hall–Kier alpha value is -2.42. The van der Waals surface area contributed by atoms with Gasteiger partial charge in [0.1, 0.15) is 11.6 Å². The number of methoxy groups -OCH3 is 4. The summed E-state index contributed by atoms with van der Waals surface area (Å²) in [4.78, 5) is 18.3. The van der Waals surface area contributed by atoms with Crippen LogP contribution in [0.15, 0.2) is 24.3 Å². The van der Waals surface area contributed by atoms with Crippen molar-refractivity contribution in [3.05, 3.63) is 29.8 Å². The molecule has 1 aliphatic heterocycles. The highest BCUT2D eigenvalue weighted by atomic mass is 16.5. The molecule has 1 amide bonds. The van der Waals surface area contributed by atoms with Gasteiger partial charge in [-0.2, -0.15) is 0 Å². The number of amides is 1. The van der Waals surface area contributed by atoms with Crippen LogP contribution in [0.3, 0.4) is 0 Å². The number of piperidine rings is 1. The molecule has 1 saturated carbocycles. The van der Waals surface area contributed by atoms with Crippen LogP contribution in [0.1, 0.15) is 25.3 Å². The number of nitrogens with one attached hydrogen (secondary N) is 2. The van der Waals surface area contributed by atoms with Gasteiger partial charge >= 0.3 is 0 Å². The number of benzene rings is 1. The smallest absolute Gasteiger partial charge is 0.224 e. The highest BCUT2D eigenvalue weighted by Crippen LogP contribution is 2.44. The van der Waals surface area contributed by atoms with Crippen molar-refractivity contribution in [2.24, 2.45) is 17.8 Å². The highest BCUT2D eigenvalue weighted by Gasteiger charge is 2.49. The molecule has 6 unspecified atom stereocenters. The minimum atomic E-state index is -0.184. The maximum absolute atomic E-state index is 13.4. The van der Waals surface area contributed by atoms with Crippen molar-refractivity contribution in [3.63, 3.8) is 0 Å². The number of carbonyl (C=O) groups excluding carboxylic acids is 1. The lowest BCUT2D eigenvalue weighted by Gasteiger charge is -2.49. The second-order valence-corrected chi connectivity index (χ2v) is 9.31. The summed E-state index contributed by atoms with van der Waals surface area (Å²) in [7, 11) is 6.80. The molecule has 1 saturated heterocycles. The van der Waals surface area contributed by atoms with E-state index >= 15 is 0 Å². The van der Waals surface area contributed by atoms with E-state index in [0.29, 0.717) is 13.0 Å². The molecule has 4 rings (SSSR count). The zero-order chi connectivity index (χ0) is 24.2. The first-order valence-corrected chi connectivity index (χ1v) is 12.1. The molecule has 2 aromatic rings. The Morgan fingerprint density at radius 2 is 1.79 bits per heavy atom. The van der Waals surface area contributed by atoms with Crippen LogP contribution in [0.5, 0.6) is 5.75 Å². The first-order valence-electron chi connectivity index (χ1n) is 12.1. The number of hydrogen-bond acceptors (Lipinski definition) is 7. The molecule has 8 nitrogen and oxygen atoms in total. The molecule has 0 spiro atoms. The average Bonchev–Trinajstić information content (AvgIpc) is 2.85. The van der Waals surface area contributed by atoms with Gasteiger partial charge in [-0.1, -0.05) is 0 Å². The molecule has 186 valence electrons. The third kappa shape index (κ3) is 4.85. The summed E-state index contributed by atoms with van der Waals surface area (Å²) in [6, 6.07) is 7.98. The first-order chi connectivity index (χ1) is 16.5. The summed E-state index contributed by atoms with van der Waals surface area (Å²) in [5.41, 5.74) is 1.93. The fraction of sp³-hybridized carbons (Fsp3) is 0.615. The molecule has 8 heteroatoms. The van der Waals surface area contributed by atoms with E-state index in [2.05, 4.69) is 23.6 Å². The van der Waals surface area contributed by atoms with Gasteiger partial charge in [-0.3, -0.25) is 4.79 Å². The van der Waals surface area contributed by atoms with Crippen LogP contribution in [0, 0.1) is 17.8 Å². The zero-order valence-corrected chi connectivity index (χ0v) is 20.8. The van der Waals surface area contributed by atoms with Crippen molar-refractivity contribution in [2.45, 2.75) is 44.4 Å². The molecule has 0 bridgehead atoms. The van der Waals surface area contributed by atoms with Crippen molar-refractivity contribution in [2.75, 3.05) is 46.9 Å². The largest absolute Gasteiger partial charge is 0.497 e. The van der Waals surface area contributed by atoms with Crippen LogP contribution in [0.2, 0.25) is 0 Å². The first kappa shape index (κ1) is 24.7. The number of pyridine rings is 1. The van der Waals surface area contributed by atoms with Crippen LogP contribution >= 0.6 is 0 Å². The standard InChI is InChI=1S/C26H37N3O5/c1-6-27-25-16(9-15-10-17(32-3)7-8-21(15)28-25)11-20-18-12-23(33-4)24(34-5)13-19(18)22(14-31-2)29-26(20)30/h7-10,18-20,22-24H,6,11-14H2,1-5H3,(H,27,28)(H,29,30). The second kappa shape index (κ2) is 10.9. The Morgan fingerprint density at radius 1 is 1.06 bits per heavy atom. The lowest BCUT2D eigenvalue weighted by molar-refractivity contribution is -0.146. The summed E-state index contributed by atoms with van der Waals surface area (Å²) < 4.78 is 22.4. The number of nitrogens with zero attached hydrogens (tertiary/aromatic N) is 1. The lowest BCUT2D eigenvalue weighted by atomic mass is 9.64. The summed E-state index contributed by atoms with van der Waals surface area (Å²) in [6.45, 7) is 3.30. The summed E-state index contributed by atoms with van der Waals surface area (Å²) in [6.07, 6.45) is 2.19. The minimum Gasteiger partial charge on any atom is -0.497 e. The fourth-order valence-corrected chi connectivity index (χ4v) is 5.83. The molecule has 6 atom stereocenters. The van der Waals surface area contributed by atoms with E-state index in [-0.39, 0.29) is 41.9 Å². The molecule has 1 aliphatic carbocycles. The normalized spacial score (nSPS) is 28.9. The van der Waals surface area contributed by atoms with Gasteiger partial charge in [0.25, 0.3) is 0 Å². The van der Waals surface area contributed by atoms with Gasteiger partial charge in [-0.05, 0) is 67.9 Å². The number of carbonyl (C=O) groups is 1. The quantitative estimate of drug-likeness (QED) is 0.581. The Morgan fingerprint density at radius 3 is 2.44 bits per heavy atom. The minimum absolute atomic E-state index is 0.00776. The lowest BCUT2D eigenvalue weighted by Crippen LogP contribution is -2.60. The van der Waals surface area contributed by atoms with E-state index in [1.54, 1.807) is 28.4 Å². The number of rotatable bonds is 9. The number of aromatic nitrogens is 1. The molecule has 1 aromatic carbocycles. The van der Waals surface area contributed by atoms with E-state index in [1.807, 2.05) is 18.2 Å². The van der Waals surface area contributed by atoms with Crippen LogP contribution in [0.25, 0.3) is 10.9 Å². The van der Waals surface area contributed by atoms with E-state index < -0.39 is 0 Å². The van der Waals surface area contributed by atoms with E-state index in [9.17, 15) is 4.79 Å². The Bertz CT molecular complexity index is 1000. The number of fused-ring (bicyclic) bond motifs is 2. The molecule has 2 N–H and O–H groups in total. The average molecular weight is 472 g/mol. The molecule has 2 aliphatic rings. The molecule has 0 radical (unpaired) electrons. The van der Waals surface area contributed by atoms with Crippen LogP contribution in [0.4, 0.5) is 5.82 Å². The third-order valence-electron chi connectivity index (χ3n) is 7.51. The van der Waals surface area contributed by atoms with Gasteiger partial charge < -0.3 is 29.6 Å². The van der Waals surface area contributed by atoms with Gasteiger partial charge in [0.05, 0.1) is 37.5 Å². The maximum Gasteiger partial charge on any atom is 0.224 e. The Kier molecular flexibility index (Phi) is 7.91. The van der Waals surface area contributed by atoms with Crippen LogP contribution in [-0.4, -0.2) is 70.7 Å². The topological polar surface area (TPSA) is 90.9 Å². The Balaban J connectivity index is 1.69. The Labute approximate surface area is 201 Å². The number of hydrogen-bond donors (Lipinski definition) is 2. The summed E-state index contributed by atoms with van der Waals surface area (Å²) in [5.74, 6) is 1.93. The van der Waals surface area contributed by atoms with Crippen molar-refractivity contribution in [1.29, 1.82) is 0 Å². The van der Waals surface area contributed by atoms with Crippen molar-refractivity contribution >= 4 is 22.6 Å². The molecular formula is C26H37N3O5. The third-order valence-corrected chi connectivity index (χ3v) is 7.51. The number of ether oxygens (including phenoxy) is 4. The van der Waals surface area contributed by atoms with E-state index in [0.717, 1.165) is 47.4 Å². The van der Waals surface area contributed by atoms with Gasteiger partial charge in [0.15, 0.2) is 0 Å². The molecular weight excluding hydrogens is 434 g/mol. The molecule has 2 fully saturated rings. The fourth-order valence-electron chi connectivity index (χ4n) is 5.83. The SMILES string of the molecule is CCNc1nc2ccc(OC)cc2cc1CC1C(=O)NC(COC)C2CC(OC)C(OC)CC12. The van der Waals surface area contributed by atoms with Gasteiger partial charge in [0.2, 0.25) is 5.91 Å². The second-order valence-electron chi connectivity index (χ2n) is 9.31. The van der Waals surface area contributed by atoms with Gasteiger partial charge in [0, 0.05) is 39.2 Å². The predicted octanol–water partition coefficient (Wildman–Crippen LogP) is 3.03. The van der Waals surface area contributed by atoms with Crippen LogP contribution in [-0.2, 0) is 25.4 Å². The van der Waals surface area contributed by atoms with Gasteiger partial charge in [-0.15, -0.1) is 0 Å². The van der Waals surface area contributed by atoms with Crippen LogP contribution < -0.4 is 15.4 Å². The summed E-state index contributed by atoms with van der Waals surface area (Å²) >= 11 is 0. The molecule has 1 aromatic heterocycles.